The van der Waals surface area contributed by atoms with E-state index in [2.05, 4.69) is 31.2 Å². The number of hydrogen-bond acceptors (Lipinski definition) is 7. The SMILES string of the molecule is CN(C)Cc1ccc2cc(N)c(C(=O)Nc3cnccc3N3CCCC(N)C3)nc2c1. The molecule has 0 bridgehead atoms. The van der Waals surface area contributed by atoms with Gasteiger partial charge in [0, 0.05) is 37.3 Å². The van der Waals surface area contributed by atoms with E-state index in [1.807, 2.05) is 32.3 Å². The number of benzene rings is 1. The number of carbonyl (C=O) groups excluding carboxylic acids is 1. The molecule has 8 heteroatoms. The number of carbonyl (C=O) groups is 1. The molecule has 1 aliphatic heterocycles. The molecule has 4 rings (SSSR count). The molecule has 2 aromatic heterocycles. The number of aromatic nitrogens is 2. The van der Waals surface area contributed by atoms with Crippen LogP contribution in [0.15, 0.2) is 42.7 Å². The van der Waals surface area contributed by atoms with Gasteiger partial charge in [0.1, 0.15) is 0 Å². The Labute approximate surface area is 182 Å². The lowest BCUT2D eigenvalue weighted by Gasteiger charge is -2.33. The summed E-state index contributed by atoms with van der Waals surface area (Å²) in [6.07, 6.45) is 5.40. The van der Waals surface area contributed by atoms with Crippen molar-refractivity contribution in [2.45, 2.75) is 25.4 Å². The summed E-state index contributed by atoms with van der Waals surface area (Å²) in [5.74, 6) is -0.354. The smallest absolute Gasteiger partial charge is 0.276 e. The lowest BCUT2D eigenvalue weighted by molar-refractivity contribution is 0.102. The molecule has 3 heterocycles. The van der Waals surface area contributed by atoms with Crippen LogP contribution in [0.1, 0.15) is 28.9 Å². The summed E-state index contributed by atoms with van der Waals surface area (Å²) >= 11 is 0. The van der Waals surface area contributed by atoms with Gasteiger partial charge < -0.3 is 26.6 Å². The van der Waals surface area contributed by atoms with Gasteiger partial charge in [0.25, 0.3) is 5.91 Å². The standard InChI is InChI=1S/C23H29N7O/c1-29(2)13-15-5-6-16-11-18(25)22(27-19(16)10-15)23(31)28-20-12-26-8-7-21(20)30-9-3-4-17(24)14-30/h5-8,10-12,17H,3-4,9,13-14,24-25H2,1-2H3,(H,28,31). The number of nitrogens with one attached hydrogen (secondary N) is 1. The van der Waals surface area contributed by atoms with Gasteiger partial charge in [-0.2, -0.15) is 0 Å². The molecule has 1 fully saturated rings. The number of anilines is 3. The van der Waals surface area contributed by atoms with Gasteiger partial charge in [-0.1, -0.05) is 12.1 Å². The van der Waals surface area contributed by atoms with Crippen LogP contribution in [0.25, 0.3) is 10.9 Å². The first-order valence-electron chi connectivity index (χ1n) is 10.5. The van der Waals surface area contributed by atoms with Crippen LogP contribution in [-0.4, -0.2) is 54.0 Å². The largest absolute Gasteiger partial charge is 0.397 e. The Bertz CT molecular complexity index is 1100. The van der Waals surface area contributed by atoms with Gasteiger partial charge in [-0.15, -0.1) is 0 Å². The minimum atomic E-state index is -0.354. The molecule has 1 unspecified atom stereocenters. The fraction of sp³-hybridized carbons (Fsp3) is 0.348. The second-order valence-corrected chi connectivity index (χ2v) is 8.39. The molecule has 31 heavy (non-hydrogen) atoms. The second-order valence-electron chi connectivity index (χ2n) is 8.39. The first kappa shape index (κ1) is 21.0. The summed E-state index contributed by atoms with van der Waals surface area (Å²) in [4.78, 5) is 26.2. The van der Waals surface area contributed by atoms with Crippen LogP contribution in [0, 0.1) is 0 Å². The van der Waals surface area contributed by atoms with Gasteiger partial charge in [-0.05, 0) is 50.7 Å². The lowest BCUT2D eigenvalue weighted by atomic mass is 10.1. The van der Waals surface area contributed by atoms with Crippen LogP contribution in [0.5, 0.6) is 0 Å². The molecular formula is C23H29N7O. The quantitative estimate of drug-likeness (QED) is 0.582. The molecule has 0 radical (unpaired) electrons. The van der Waals surface area contributed by atoms with Crippen LogP contribution in [0.2, 0.25) is 0 Å². The molecule has 0 aliphatic carbocycles. The maximum atomic E-state index is 13.1. The number of pyridine rings is 2. The van der Waals surface area contributed by atoms with E-state index < -0.39 is 0 Å². The highest BCUT2D eigenvalue weighted by Gasteiger charge is 2.21. The normalized spacial score (nSPS) is 16.6. The molecular weight excluding hydrogens is 390 g/mol. The minimum absolute atomic E-state index is 0.125. The van der Waals surface area contributed by atoms with E-state index in [4.69, 9.17) is 11.5 Å². The zero-order chi connectivity index (χ0) is 22.0. The summed E-state index contributed by atoms with van der Waals surface area (Å²) in [6.45, 7) is 2.43. The molecule has 1 saturated heterocycles. The number of hydrogen-bond donors (Lipinski definition) is 3. The average molecular weight is 420 g/mol. The second kappa shape index (κ2) is 8.87. The molecule has 3 aromatic rings. The Balaban J connectivity index is 1.62. The highest BCUT2D eigenvalue weighted by atomic mass is 16.1. The molecule has 1 aromatic carbocycles. The van der Waals surface area contributed by atoms with E-state index in [0.717, 1.165) is 54.6 Å². The molecule has 0 spiro atoms. The number of fused-ring (bicyclic) bond motifs is 1. The van der Waals surface area contributed by atoms with Crippen LogP contribution in [0.3, 0.4) is 0 Å². The summed E-state index contributed by atoms with van der Waals surface area (Å²) in [7, 11) is 4.03. The average Bonchev–Trinajstić information content (AvgIpc) is 2.73. The third-order valence-electron chi connectivity index (χ3n) is 5.47. The molecule has 8 nitrogen and oxygen atoms in total. The summed E-state index contributed by atoms with van der Waals surface area (Å²) < 4.78 is 0. The van der Waals surface area contributed by atoms with Crippen molar-refractivity contribution in [2.75, 3.05) is 43.1 Å². The van der Waals surface area contributed by atoms with E-state index in [-0.39, 0.29) is 17.6 Å². The number of nitrogens with two attached hydrogens (primary N) is 2. The van der Waals surface area contributed by atoms with E-state index >= 15 is 0 Å². The maximum absolute atomic E-state index is 13.1. The predicted octanol–water partition coefficient (Wildman–Crippen LogP) is 2.45. The summed E-state index contributed by atoms with van der Waals surface area (Å²) in [5, 5.41) is 3.86. The van der Waals surface area contributed by atoms with Crippen LogP contribution >= 0.6 is 0 Å². The van der Waals surface area contributed by atoms with E-state index in [9.17, 15) is 4.79 Å². The third-order valence-corrected chi connectivity index (χ3v) is 5.47. The Kier molecular flexibility index (Phi) is 6.01. The van der Waals surface area contributed by atoms with Gasteiger partial charge in [0.2, 0.25) is 0 Å². The first-order chi connectivity index (χ1) is 14.9. The van der Waals surface area contributed by atoms with Crippen molar-refractivity contribution in [1.29, 1.82) is 0 Å². The molecule has 1 atom stereocenters. The van der Waals surface area contributed by atoms with Crippen LogP contribution < -0.4 is 21.7 Å². The van der Waals surface area contributed by atoms with Crippen molar-refractivity contribution in [3.05, 3.63) is 54.0 Å². The number of nitrogen functional groups attached to an aromatic ring is 1. The van der Waals surface area contributed by atoms with Crippen molar-refractivity contribution < 1.29 is 4.79 Å². The minimum Gasteiger partial charge on any atom is -0.397 e. The highest BCUT2D eigenvalue weighted by Crippen LogP contribution is 2.28. The van der Waals surface area contributed by atoms with Crippen LogP contribution in [-0.2, 0) is 6.54 Å². The Morgan fingerprint density at radius 3 is 2.90 bits per heavy atom. The van der Waals surface area contributed by atoms with Gasteiger partial charge in [0.15, 0.2) is 5.69 Å². The number of piperidine rings is 1. The Morgan fingerprint density at radius 1 is 1.29 bits per heavy atom. The summed E-state index contributed by atoms with van der Waals surface area (Å²) in [5.41, 5.74) is 16.3. The van der Waals surface area contributed by atoms with E-state index in [1.165, 1.54) is 0 Å². The van der Waals surface area contributed by atoms with Gasteiger partial charge in [-0.25, -0.2) is 4.98 Å². The molecule has 1 aliphatic rings. The fourth-order valence-electron chi connectivity index (χ4n) is 4.04. The topological polar surface area (TPSA) is 113 Å². The molecule has 0 saturated carbocycles. The number of rotatable bonds is 5. The maximum Gasteiger partial charge on any atom is 0.276 e. The third kappa shape index (κ3) is 4.76. The van der Waals surface area contributed by atoms with Gasteiger partial charge >= 0.3 is 0 Å². The zero-order valence-electron chi connectivity index (χ0n) is 18.0. The Morgan fingerprint density at radius 2 is 2.13 bits per heavy atom. The van der Waals surface area contributed by atoms with Crippen molar-refractivity contribution >= 4 is 33.9 Å². The first-order valence-corrected chi connectivity index (χ1v) is 10.5. The van der Waals surface area contributed by atoms with Gasteiger partial charge in [0.05, 0.1) is 28.8 Å². The highest BCUT2D eigenvalue weighted by molar-refractivity contribution is 6.09. The van der Waals surface area contributed by atoms with Crippen molar-refractivity contribution in [1.82, 2.24) is 14.9 Å². The van der Waals surface area contributed by atoms with Crippen molar-refractivity contribution in [3.8, 4) is 0 Å². The van der Waals surface area contributed by atoms with Gasteiger partial charge in [-0.3, -0.25) is 9.78 Å². The fourth-order valence-corrected chi connectivity index (χ4v) is 4.04. The lowest BCUT2D eigenvalue weighted by Crippen LogP contribution is -2.43. The molecule has 5 N–H and O–H groups in total. The number of nitrogens with zero attached hydrogens (tertiary/aromatic N) is 4. The van der Waals surface area contributed by atoms with E-state index in [0.29, 0.717) is 11.4 Å². The van der Waals surface area contributed by atoms with E-state index in [1.54, 1.807) is 18.5 Å². The predicted molar refractivity (Wildman–Crippen MR) is 125 cm³/mol. The Hall–Kier alpha value is -3.23. The van der Waals surface area contributed by atoms with Crippen molar-refractivity contribution in [2.24, 2.45) is 5.73 Å². The van der Waals surface area contributed by atoms with Crippen molar-refractivity contribution in [3.63, 3.8) is 0 Å². The molecule has 162 valence electrons. The number of amides is 1. The summed E-state index contributed by atoms with van der Waals surface area (Å²) in [6, 6.07) is 9.85. The molecule has 1 amide bonds. The monoisotopic (exact) mass is 419 g/mol. The zero-order valence-corrected chi connectivity index (χ0v) is 18.0. The van der Waals surface area contributed by atoms with Crippen LogP contribution in [0.4, 0.5) is 17.1 Å².